The van der Waals surface area contributed by atoms with Crippen molar-refractivity contribution in [1.82, 2.24) is 20.5 Å². The third-order valence-corrected chi connectivity index (χ3v) is 3.52. The minimum atomic E-state index is -0.212. The lowest BCUT2D eigenvalue weighted by Gasteiger charge is -2.12. The van der Waals surface area contributed by atoms with Crippen LogP contribution in [0.1, 0.15) is 21.6 Å². The summed E-state index contributed by atoms with van der Waals surface area (Å²) in [5.41, 5.74) is 2.09. The maximum atomic E-state index is 12.3. The molecule has 0 radical (unpaired) electrons. The van der Waals surface area contributed by atoms with Gasteiger partial charge >= 0.3 is 6.03 Å². The molecule has 0 aliphatic carbocycles. The van der Waals surface area contributed by atoms with E-state index in [4.69, 9.17) is 4.74 Å². The number of nitrogens with zero attached hydrogens (tertiary/aromatic N) is 2. The number of ether oxygens (including phenoxy) is 1. The van der Waals surface area contributed by atoms with E-state index in [2.05, 4.69) is 15.6 Å². The Hall–Kier alpha value is -3.09. The highest BCUT2D eigenvalue weighted by Gasteiger charge is 2.08. The van der Waals surface area contributed by atoms with Gasteiger partial charge in [0, 0.05) is 32.4 Å². The predicted octanol–water partition coefficient (Wildman–Crippen LogP) is 1.79. The van der Waals surface area contributed by atoms with E-state index in [-0.39, 0.29) is 18.5 Å². The molecule has 0 bridgehead atoms. The van der Waals surface area contributed by atoms with Crippen molar-refractivity contribution in [2.75, 3.05) is 21.2 Å². The fourth-order valence-corrected chi connectivity index (χ4v) is 2.07. The molecule has 0 unspecified atom stereocenters. The molecule has 0 fully saturated rings. The van der Waals surface area contributed by atoms with Gasteiger partial charge in [0.2, 0.25) is 0 Å². The predicted molar refractivity (Wildman–Crippen MR) is 94.3 cm³/mol. The molecule has 2 aromatic rings. The SMILES string of the molecule is COc1ccc(CNC(=O)c2ccnc(CNC(=O)N(C)C)c2)cc1. The Kier molecular flexibility index (Phi) is 6.33. The Morgan fingerprint density at radius 3 is 2.44 bits per heavy atom. The molecular weight excluding hydrogens is 320 g/mol. The first kappa shape index (κ1) is 18.3. The second kappa shape index (κ2) is 8.68. The van der Waals surface area contributed by atoms with Crippen molar-refractivity contribution >= 4 is 11.9 Å². The quantitative estimate of drug-likeness (QED) is 0.838. The monoisotopic (exact) mass is 342 g/mol. The number of pyridine rings is 1. The molecule has 0 aliphatic rings. The number of carbonyl (C=O) groups excluding carboxylic acids is 2. The first-order valence-corrected chi connectivity index (χ1v) is 7.81. The van der Waals surface area contributed by atoms with Gasteiger partial charge in [-0.25, -0.2) is 4.79 Å². The summed E-state index contributed by atoms with van der Waals surface area (Å²) in [6, 6.07) is 10.6. The van der Waals surface area contributed by atoms with Crippen LogP contribution in [0.2, 0.25) is 0 Å². The number of methoxy groups -OCH3 is 1. The highest BCUT2D eigenvalue weighted by molar-refractivity contribution is 5.94. The minimum Gasteiger partial charge on any atom is -0.497 e. The van der Waals surface area contributed by atoms with E-state index in [1.807, 2.05) is 24.3 Å². The number of carbonyl (C=O) groups is 2. The molecule has 0 saturated carbocycles. The molecule has 1 aromatic heterocycles. The first-order valence-electron chi connectivity index (χ1n) is 7.81. The van der Waals surface area contributed by atoms with E-state index >= 15 is 0 Å². The summed E-state index contributed by atoms with van der Waals surface area (Å²) in [6.45, 7) is 0.675. The molecule has 132 valence electrons. The number of aromatic nitrogens is 1. The number of hydrogen-bond donors (Lipinski definition) is 2. The van der Waals surface area contributed by atoms with Crippen molar-refractivity contribution in [3.05, 3.63) is 59.4 Å². The third-order valence-electron chi connectivity index (χ3n) is 3.52. The first-order chi connectivity index (χ1) is 12.0. The molecule has 0 atom stereocenters. The minimum absolute atomic E-state index is 0.196. The van der Waals surface area contributed by atoms with Crippen LogP contribution >= 0.6 is 0 Å². The molecule has 2 N–H and O–H groups in total. The molecule has 0 spiro atoms. The van der Waals surface area contributed by atoms with Crippen molar-refractivity contribution in [3.63, 3.8) is 0 Å². The van der Waals surface area contributed by atoms with E-state index in [0.717, 1.165) is 11.3 Å². The number of benzene rings is 1. The van der Waals surface area contributed by atoms with Crippen LogP contribution in [-0.2, 0) is 13.1 Å². The second-order valence-corrected chi connectivity index (χ2v) is 5.62. The normalized spacial score (nSPS) is 10.0. The zero-order valence-corrected chi connectivity index (χ0v) is 14.6. The molecule has 3 amide bonds. The van der Waals surface area contributed by atoms with Gasteiger partial charge in [0.15, 0.2) is 0 Å². The smallest absolute Gasteiger partial charge is 0.317 e. The zero-order valence-electron chi connectivity index (χ0n) is 14.6. The number of amides is 3. The van der Waals surface area contributed by atoms with Crippen molar-refractivity contribution in [1.29, 1.82) is 0 Å². The van der Waals surface area contributed by atoms with Gasteiger partial charge < -0.3 is 20.3 Å². The van der Waals surface area contributed by atoms with Gasteiger partial charge in [-0.1, -0.05) is 12.1 Å². The van der Waals surface area contributed by atoms with Gasteiger partial charge in [-0.2, -0.15) is 0 Å². The molecular formula is C18H22N4O3. The van der Waals surface area contributed by atoms with Crippen LogP contribution < -0.4 is 15.4 Å². The number of urea groups is 1. The van der Waals surface area contributed by atoms with Gasteiger partial charge in [-0.3, -0.25) is 9.78 Å². The Balaban J connectivity index is 1.92. The average molecular weight is 342 g/mol. The van der Waals surface area contributed by atoms with Crippen LogP contribution in [0.3, 0.4) is 0 Å². The number of hydrogen-bond acceptors (Lipinski definition) is 4. The summed E-state index contributed by atoms with van der Waals surface area (Å²) < 4.78 is 5.10. The molecule has 2 rings (SSSR count). The molecule has 1 heterocycles. The van der Waals surface area contributed by atoms with Gasteiger partial charge in [0.1, 0.15) is 5.75 Å². The standard InChI is InChI=1S/C18H22N4O3/c1-22(2)18(24)21-12-15-10-14(8-9-19-15)17(23)20-11-13-4-6-16(25-3)7-5-13/h4-10H,11-12H2,1-3H3,(H,20,23)(H,21,24). The topological polar surface area (TPSA) is 83.6 Å². The lowest BCUT2D eigenvalue weighted by Crippen LogP contribution is -2.34. The molecule has 0 saturated heterocycles. The van der Waals surface area contributed by atoms with E-state index in [1.54, 1.807) is 39.5 Å². The lowest BCUT2D eigenvalue weighted by atomic mass is 10.2. The largest absolute Gasteiger partial charge is 0.497 e. The van der Waals surface area contributed by atoms with Crippen LogP contribution in [0, 0.1) is 0 Å². The van der Waals surface area contributed by atoms with Gasteiger partial charge in [0.25, 0.3) is 5.91 Å². The molecule has 25 heavy (non-hydrogen) atoms. The van der Waals surface area contributed by atoms with Crippen molar-refractivity contribution in [2.45, 2.75) is 13.1 Å². The summed E-state index contributed by atoms with van der Waals surface area (Å²) in [5, 5.41) is 5.57. The lowest BCUT2D eigenvalue weighted by molar-refractivity contribution is 0.0950. The van der Waals surface area contributed by atoms with Crippen LogP contribution in [0.5, 0.6) is 5.75 Å². The Morgan fingerprint density at radius 1 is 1.08 bits per heavy atom. The van der Waals surface area contributed by atoms with Crippen LogP contribution in [0.4, 0.5) is 4.79 Å². The van der Waals surface area contributed by atoms with E-state index in [1.165, 1.54) is 4.90 Å². The average Bonchev–Trinajstić information content (AvgIpc) is 2.64. The van der Waals surface area contributed by atoms with Crippen molar-refractivity contribution in [3.8, 4) is 5.75 Å². The van der Waals surface area contributed by atoms with Gasteiger partial charge in [-0.05, 0) is 29.8 Å². The van der Waals surface area contributed by atoms with Crippen molar-refractivity contribution in [2.24, 2.45) is 0 Å². The second-order valence-electron chi connectivity index (χ2n) is 5.62. The maximum Gasteiger partial charge on any atom is 0.317 e. The highest BCUT2D eigenvalue weighted by Crippen LogP contribution is 2.11. The summed E-state index contributed by atoms with van der Waals surface area (Å²) in [6.07, 6.45) is 1.56. The van der Waals surface area contributed by atoms with E-state index in [0.29, 0.717) is 17.8 Å². The number of rotatable bonds is 6. The summed E-state index contributed by atoms with van der Waals surface area (Å²) >= 11 is 0. The molecule has 1 aromatic carbocycles. The van der Waals surface area contributed by atoms with E-state index in [9.17, 15) is 9.59 Å². The Bertz CT molecular complexity index is 729. The Labute approximate surface area is 147 Å². The number of nitrogens with one attached hydrogen (secondary N) is 2. The Morgan fingerprint density at radius 2 is 1.80 bits per heavy atom. The van der Waals surface area contributed by atoms with E-state index < -0.39 is 0 Å². The van der Waals surface area contributed by atoms with Crippen LogP contribution in [0.15, 0.2) is 42.6 Å². The van der Waals surface area contributed by atoms with Crippen molar-refractivity contribution < 1.29 is 14.3 Å². The maximum absolute atomic E-state index is 12.3. The summed E-state index contributed by atoms with van der Waals surface area (Å²) in [4.78, 5) is 29.4. The molecule has 7 nitrogen and oxygen atoms in total. The fourth-order valence-electron chi connectivity index (χ4n) is 2.07. The van der Waals surface area contributed by atoms with Crippen LogP contribution in [-0.4, -0.2) is 43.0 Å². The summed E-state index contributed by atoms with van der Waals surface area (Å²) in [7, 11) is 4.93. The summed E-state index contributed by atoms with van der Waals surface area (Å²) in [5.74, 6) is 0.576. The van der Waals surface area contributed by atoms with Gasteiger partial charge in [0.05, 0.1) is 19.3 Å². The molecule has 7 heteroatoms. The highest BCUT2D eigenvalue weighted by atomic mass is 16.5. The zero-order chi connectivity index (χ0) is 18.2. The molecule has 0 aliphatic heterocycles. The van der Waals surface area contributed by atoms with Crippen LogP contribution in [0.25, 0.3) is 0 Å². The third kappa shape index (κ3) is 5.49. The fraction of sp³-hybridized carbons (Fsp3) is 0.278. The van der Waals surface area contributed by atoms with Gasteiger partial charge in [-0.15, -0.1) is 0 Å².